The molecule has 1 amide bonds. The van der Waals surface area contributed by atoms with Crippen LogP contribution in [0.25, 0.3) is 0 Å². The maximum atomic E-state index is 12.2. The summed E-state index contributed by atoms with van der Waals surface area (Å²) in [6.45, 7) is 14.4. The number of aliphatic hydroxyl groups is 1. The smallest absolute Gasteiger partial charge is 0.220 e. The molecule has 0 bridgehead atoms. The van der Waals surface area contributed by atoms with Gasteiger partial charge < -0.3 is 10.4 Å². The number of nitrogens with one attached hydrogen (secondary N) is 2. The zero-order valence-corrected chi connectivity index (χ0v) is 14.9. The van der Waals surface area contributed by atoms with Crippen LogP contribution in [0, 0.1) is 25.2 Å². The Balaban J connectivity index is 2.57. The number of aliphatic hydroxyl groups excluding tert-OH is 1. The molecule has 1 aromatic rings. The third-order valence-electron chi connectivity index (χ3n) is 4.34. The Morgan fingerprint density at radius 1 is 1.32 bits per heavy atom. The molecule has 1 aromatic heterocycles. The molecule has 2 atom stereocenters. The van der Waals surface area contributed by atoms with Gasteiger partial charge in [-0.3, -0.25) is 9.89 Å². The zero-order chi connectivity index (χ0) is 17.1. The predicted molar refractivity (Wildman–Crippen MR) is 88.7 cm³/mol. The molecule has 126 valence electrons. The number of hydrogen-bond donors (Lipinski definition) is 3. The van der Waals surface area contributed by atoms with E-state index < -0.39 is 6.10 Å². The Kier molecular flexibility index (Phi) is 6.17. The van der Waals surface area contributed by atoms with Crippen LogP contribution in [-0.4, -0.2) is 33.9 Å². The molecule has 5 nitrogen and oxygen atoms in total. The van der Waals surface area contributed by atoms with Crippen molar-refractivity contribution in [3.05, 3.63) is 17.0 Å². The first kappa shape index (κ1) is 18.7. The van der Waals surface area contributed by atoms with E-state index in [0.717, 1.165) is 17.0 Å². The van der Waals surface area contributed by atoms with E-state index in [0.29, 0.717) is 13.0 Å². The minimum atomic E-state index is -0.441. The van der Waals surface area contributed by atoms with E-state index in [9.17, 15) is 9.90 Å². The van der Waals surface area contributed by atoms with E-state index in [4.69, 9.17) is 0 Å². The fourth-order valence-electron chi connectivity index (χ4n) is 3.07. The Bertz CT molecular complexity index is 487. The summed E-state index contributed by atoms with van der Waals surface area (Å²) in [5.41, 5.74) is 2.76. The minimum Gasteiger partial charge on any atom is -0.392 e. The van der Waals surface area contributed by atoms with Crippen molar-refractivity contribution in [2.75, 3.05) is 6.54 Å². The van der Waals surface area contributed by atoms with Crippen molar-refractivity contribution >= 4 is 5.91 Å². The van der Waals surface area contributed by atoms with Gasteiger partial charge in [0.2, 0.25) is 5.91 Å². The molecule has 0 spiro atoms. The number of carbonyl (C=O) groups excluding carboxylic acids is 1. The summed E-state index contributed by atoms with van der Waals surface area (Å²) in [5, 5.41) is 20.3. The highest BCUT2D eigenvalue weighted by Crippen LogP contribution is 2.26. The summed E-state index contributed by atoms with van der Waals surface area (Å²) in [7, 11) is 0. The average Bonchev–Trinajstić information content (AvgIpc) is 2.75. The molecule has 1 heterocycles. The van der Waals surface area contributed by atoms with E-state index in [1.54, 1.807) is 0 Å². The van der Waals surface area contributed by atoms with Gasteiger partial charge >= 0.3 is 0 Å². The van der Waals surface area contributed by atoms with Gasteiger partial charge in [-0.15, -0.1) is 0 Å². The summed E-state index contributed by atoms with van der Waals surface area (Å²) in [5.74, 6) is 0.301. The Morgan fingerprint density at radius 2 is 1.91 bits per heavy atom. The number of H-pyrrole nitrogens is 1. The largest absolute Gasteiger partial charge is 0.392 e. The fraction of sp³-hybridized carbons (Fsp3) is 0.765. The van der Waals surface area contributed by atoms with Gasteiger partial charge in [-0.25, -0.2) is 0 Å². The number of rotatable bonds is 7. The van der Waals surface area contributed by atoms with Gasteiger partial charge in [-0.1, -0.05) is 34.6 Å². The molecule has 0 aliphatic carbocycles. The van der Waals surface area contributed by atoms with E-state index in [-0.39, 0.29) is 23.2 Å². The number of amides is 1. The van der Waals surface area contributed by atoms with Crippen LogP contribution >= 0.6 is 0 Å². The summed E-state index contributed by atoms with van der Waals surface area (Å²) in [4.78, 5) is 12.2. The van der Waals surface area contributed by atoms with Crippen LogP contribution in [0.5, 0.6) is 0 Å². The number of nitrogens with zero attached hydrogens (tertiary/aromatic N) is 1. The first-order chi connectivity index (χ1) is 10.1. The second-order valence-electron chi connectivity index (χ2n) is 7.41. The van der Waals surface area contributed by atoms with Gasteiger partial charge in [-0.05, 0) is 31.2 Å². The van der Waals surface area contributed by atoms with Crippen LogP contribution in [0.2, 0.25) is 0 Å². The Morgan fingerprint density at radius 3 is 2.36 bits per heavy atom. The lowest BCUT2D eigenvalue weighted by Crippen LogP contribution is -2.43. The van der Waals surface area contributed by atoms with Gasteiger partial charge in [0.1, 0.15) is 0 Å². The molecule has 1 rings (SSSR count). The fourth-order valence-corrected chi connectivity index (χ4v) is 3.07. The van der Waals surface area contributed by atoms with Crippen LogP contribution in [0.3, 0.4) is 0 Å². The lowest BCUT2D eigenvalue weighted by Gasteiger charge is -2.33. The van der Waals surface area contributed by atoms with Gasteiger partial charge in [-0.2, -0.15) is 5.10 Å². The molecular weight excluding hydrogens is 278 g/mol. The van der Waals surface area contributed by atoms with Crippen LogP contribution < -0.4 is 5.32 Å². The molecule has 0 aliphatic heterocycles. The summed E-state index contributed by atoms with van der Waals surface area (Å²) >= 11 is 0. The van der Waals surface area contributed by atoms with Crippen molar-refractivity contribution in [2.24, 2.45) is 11.3 Å². The third-order valence-corrected chi connectivity index (χ3v) is 4.34. The van der Waals surface area contributed by atoms with Crippen LogP contribution in [0.15, 0.2) is 0 Å². The summed E-state index contributed by atoms with van der Waals surface area (Å²) < 4.78 is 0. The van der Waals surface area contributed by atoms with Crippen LogP contribution in [0.4, 0.5) is 0 Å². The van der Waals surface area contributed by atoms with Crippen molar-refractivity contribution < 1.29 is 9.90 Å². The first-order valence-corrected chi connectivity index (χ1v) is 8.02. The highest BCUT2D eigenvalue weighted by molar-refractivity contribution is 5.77. The lowest BCUT2D eigenvalue weighted by molar-refractivity contribution is -0.122. The number of aromatic amines is 1. The monoisotopic (exact) mass is 309 g/mol. The molecule has 0 saturated carbocycles. The van der Waals surface area contributed by atoms with Crippen molar-refractivity contribution in [3.8, 4) is 0 Å². The second-order valence-corrected chi connectivity index (χ2v) is 7.41. The quantitative estimate of drug-likeness (QED) is 0.724. The van der Waals surface area contributed by atoms with E-state index in [2.05, 4.69) is 15.5 Å². The van der Waals surface area contributed by atoms with Gasteiger partial charge in [0.15, 0.2) is 0 Å². The molecule has 0 radical (unpaired) electrons. The number of aryl methyl sites for hydroxylation is 2. The first-order valence-electron chi connectivity index (χ1n) is 8.02. The topological polar surface area (TPSA) is 78.0 Å². The molecule has 5 heteroatoms. The molecule has 2 unspecified atom stereocenters. The van der Waals surface area contributed by atoms with Gasteiger partial charge in [0, 0.05) is 24.1 Å². The van der Waals surface area contributed by atoms with Gasteiger partial charge in [0.05, 0.1) is 11.8 Å². The molecule has 0 fully saturated rings. The normalized spacial score (nSPS) is 15.0. The summed E-state index contributed by atoms with van der Waals surface area (Å²) in [6.07, 6.45) is -0.0155. The standard InChI is InChI=1S/C17H31N3O2/c1-10(2)16(22)17(6,7)9-18-14(21)8-11(3)15-12(4)19-20-13(15)5/h10-11,16,22H,8-9H2,1-7H3,(H,18,21)(H,19,20). The average molecular weight is 309 g/mol. The third kappa shape index (κ3) is 4.57. The molecule has 22 heavy (non-hydrogen) atoms. The van der Waals surface area contributed by atoms with E-state index in [1.165, 1.54) is 0 Å². The summed E-state index contributed by atoms with van der Waals surface area (Å²) in [6, 6.07) is 0. The lowest BCUT2D eigenvalue weighted by atomic mass is 9.80. The van der Waals surface area contributed by atoms with Crippen LogP contribution in [0.1, 0.15) is 63.9 Å². The molecule has 0 aromatic carbocycles. The molecule has 3 N–H and O–H groups in total. The van der Waals surface area contributed by atoms with Crippen molar-refractivity contribution in [2.45, 2.75) is 66.9 Å². The highest BCUT2D eigenvalue weighted by atomic mass is 16.3. The van der Waals surface area contributed by atoms with Crippen molar-refractivity contribution in [1.82, 2.24) is 15.5 Å². The zero-order valence-electron chi connectivity index (χ0n) is 14.9. The SMILES string of the molecule is Cc1n[nH]c(C)c1C(C)CC(=O)NCC(C)(C)C(O)C(C)C. The van der Waals surface area contributed by atoms with Crippen molar-refractivity contribution in [1.29, 1.82) is 0 Å². The minimum absolute atomic E-state index is 0.0107. The van der Waals surface area contributed by atoms with Gasteiger partial charge in [0.25, 0.3) is 0 Å². The number of carbonyl (C=O) groups is 1. The van der Waals surface area contributed by atoms with Crippen LogP contribution in [-0.2, 0) is 4.79 Å². The van der Waals surface area contributed by atoms with E-state index in [1.807, 2.05) is 48.5 Å². The Labute approximate surface area is 133 Å². The maximum Gasteiger partial charge on any atom is 0.220 e. The predicted octanol–water partition coefficient (Wildman–Crippen LogP) is 2.68. The number of hydrogen-bond acceptors (Lipinski definition) is 3. The second kappa shape index (κ2) is 7.27. The Hall–Kier alpha value is -1.36. The van der Waals surface area contributed by atoms with Crippen molar-refractivity contribution in [3.63, 3.8) is 0 Å². The van der Waals surface area contributed by atoms with E-state index >= 15 is 0 Å². The maximum absolute atomic E-state index is 12.2. The number of aromatic nitrogens is 2. The molecule has 0 saturated heterocycles. The molecule has 0 aliphatic rings. The highest BCUT2D eigenvalue weighted by Gasteiger charge is 2.30. The molecular formula is C17H31N3O2.